The van der Waals surface area contributed by atoms with Gasteiger partial charge in [0.15, 0.2) is 21.0 Å². The van der Waals surface area contributed by atoms with E-state index in [1.807, 2.05) is 60.7 Å². The molecule has 0 aliphatic heterocycles. The first-order valence-corrected chi connectivity index (χ1v) is 18.2. The van der Waals surface area contributed by atoms with E-state index < -0.39 is 0 Å². The molecule has 0 amide bonds. The summed E-state index contributed by atoms with van der Waals surface area (Å²) in [6, 6.07) is 33.4. The van der Waals surface area contributed by atoms with Crippen LogP contribution in [0.4, 0.5) is 11.4 Å². The lowest BCUT2D eigenvalue weighted by molar-refractivity contribution is 0.668. The first kappa shape index (κ1) is 30.9. The van der Waals surface area contributed by atoms with Gasteiger partial charge in [0.05, 0.1) is 22.1 Å². The van der Waals surface area contributed by atoms with Gasteiger partial charge in [-0.2, -0.15) is 0 Å². The Labute approximate surface area is 292 Å². The van der Waals surface area contributed by atoms with Gasteiger partial charge in [0.1, 0.15) is 10.0 Å². The first-order chi connectivity index (χ1) is 24.2. The Morgan fingerprint density at radius 2 is 0.939 bits per heavy atom. The van der Waals surface area contributed by atoms with E-state index in [9.17, 15) is 0 Å². The summed E-state index contributed by atoms with van der Waals surface area (Å²) in [6.45, 7) is 3.22. The van der Waals surface area contributed by atoms with Crippen molar-refractivity contribution in [3.63, 3.8) is 0 Å². The van der Waals surface area contributed by atoms with Crippen LogP contribution in [-0.2, 0) is 0 Å². The molecule has 49 heavy (non-hydrogen) atoms. The number of fused-ring (bicyclic) bond motifs is 4. The second kappa shape index (κ2) is 14.0. The number of thiazole rings is 2. The van der Waals surface area contributed by atoms with Gasteiger partial charge in [-0.05, 0) is 78.2 Å². The smallest absolute Gasteiger partial charge is 0.190 e. The molecule has 4 aromatic heterocycles. The number of nitrogens with zero attached hydrogens (tertiary/aromatic N) is 7. The Kier molecular flexibility index (Phi) is 8.83. The predicted octanol–water partition coefficient (Wildman–Crippen LogP) is 10.9. The fourth-order valence-corrected chi connectivity index (χ4v) is 7.38. The lowest BCUT2D eigenvalue weighted by Crippen LogP contribution is -2.18. The quantitative estimate of drug-likeness (QED) is 0.126. The van der Waals surface area contributed by atoms with Gasteiger partial charge in [-0.25, -0.2) is 29.9 Å². The molecule has 0 radical (unpaired) electrons. The maximum atomic E-state index is 4.74. The lowest BCUT2D eigenvalue weighted by atomic mass is 10.1. The second-order valence-corrected chi connectivity index (χ2v) is 13.9. The van der Waals surface area contributed by atoms with Gasteiger partial charge in [-0.3, -0.25) is 0 Å². The van der Waals surface area contributed by atoms with Gasteiger partial charge >= 0.3 is 0 Å². The van der Waals surface area contributed by atoms with Crippen molar-refractivity contribution in [2.24, 2.45) is 0 Å². The van der Waals surface area contributed by atoms with Crippen LogP contribution in [0.5, 0.6) is 0 Å². The van der Waals surface area contributed by atoms with Crippen molar-refractivity contribution in [2.75, 3.05) is 11.4 Å². The predicted molar refractivity (Wildman–Crippen MR) is 207 cm³/mol. The maximum absolute atomic E-state index is 4.74. The number of unbranched alkanes of at least 4 members (excludes halogenated alkanes) is 3. The highest BCUT2D eigenvalue weighted by atomic mass is 32.1. The lowest BCUT2D eigenvalue weighted by Gasteiger charge is -2.25. The second-order valence-electron chi connectivity index (χ2n) is 11.8. The molecular weight excluding hydrogens is 643 g/mol. The van der Waals surface area contributed by atoms with Crippen molar-refractivity contribution in [1.82, 2.24) is 29.9 Å². The SMILES string of the molecule is CCCCCCN(c1ccc(/C=C/c2nc3nc4ccccc4nc3s2)cc1)c1ccc(/C=C/c2nc3nc4ccccc4nc3s2)cc1. The number of anilines is 2. The molecule has 7 nitrogen and oxygen atoms in total. The molecule has 8 aromatic rings. The van der Waals surface area contributed by atoms with Crippen molar-refractivity contribution in [3.05, 3.63) is 118 Å². The molecule has 9 heteroatoms. The Balaban J connectivity index is 0.984. The standard InChI is InChI=1S/C40H33N7S2/c1-2-3-4-9-26-47(29-20-14-27(15-21-29)18-24-35-45-37-39(48-35)43-33-12-7-5-10-31(33)41-37)30-22-16-28(17-23-30)19-25-36-46-38-40(49-36)44-34-13-8-6-11-32(34)42-38/h5-8,10-25H,2-4,9,26H2,1H3/b24-18+,25-19+. The summed E-state index contributed by atoms with van der Waals surface area (Å²) in [7, 11) is 0. The van der Waals surface area contributed by atoms with Gasteiger partial charge < -0.3 is 4.90 Å². The van der Waals surface area contributed by atoms with E-state index in [0.29, 0.717) is 11.3 Å². The normalized spacial score (nSPS) is 12.0. The summed E-state index contributed by atoms with van der Waals surface area (Å²) >= 11 is 3.12. The highest BCUT2D eigenvalue weighted by molar-refractivity contribution is 7.19. The molecular formula is C40H33N7S2. The summed E-state index contributed by atoms with van der Waals surface area (Å²) in [6.07, 6.45) is 13.1. The molecule has 0 atom stereocenters. The monoisotopic (exact) mass is 675 g/mol. The Bertz CT molecular complexity index is 2170. The number of hydrogen-bond acceptors (Lipinski definition) is 9. The summed E-state index contributed by atoms with van der Waals surface area (Å²) in [4.78, 5) is 32.4. The van der Waals surface area contributed by atoms with Crippen LogP contribution in [0.25, 0.3) is 67.3 Å². The van der Waals surface area contributed by atoms with Crippen LogP contribution in [-0.4, -0.2) is 36.4 Å². The van der Waals surface area contributed by atoms with Crippen LogP contribution in [0, 0.1) is 0 Å². The molecule has 0 saturated heterocycles. The summed E-state index contributed by atoms with van der Waals surface area (Å²) in [5, 5.41) is 1.79. The Morgan fingerprint density at radius 1 is 0.490 bits per heavy atom. The highest BCUT2D eigenvalue weighted by Gasteiger charge is 2.11. The fourth-order valence-electron chi connectivity index (χ4n) is 5.80. The molecule has 4 aromatic carbocycles. The fraction of sp³-hybridized carbons (Fsp3) is 0.150. The van der Waals surface area contributed by atoms with E-state index in [1.165, 1.54) is 30.6 Å². The van der Waals surface area contributed by atoms with Gasteiger partial charge in [0.25, 0.3) is 0 Å². The van der Waals surface area contributed by atoms with Crippen molar-refractivity contribution in [2.45, 2.75) is 32.6 Å². The van der Waals surface area contributed by atoms with Gasteiger partial charge in [-0.1, -0.05) is 110 Å². The highest BCUT2D eigenvalue weighted by Crippen LogP contribution is 2.29. The average Bonchev–Trinajstić information content (AvgIpc) is 3.74. The van der Waals surface area contributed by atoms with E-state index in [-0.39, 0.29) is 0 Å². The van der Waals surface area contributed by atoms with Gasteiger partial charge in [-0.15, -0.1) is 0 Å². The molecule has 0 spiro atoms. The van der Waals surface area contributed by atoms with E-state index in [4.69, 9.17) is 19.9 Å². The van der Waals surface area contributed by atoms with Crippen LogP contribution in [0.15, 0.2) is 97.1 Å². The molecule has 0 aliphatic carbocycles. The van der Waals surface area contributed by atoms with Gasteiger partial charge in [0, 0.05) is 17.9 Å². The van der Waals surface area contributed by atoms with Crippen molar-refractivity contribution in [1.29, 1.82) is 0 Å². The molecule has 0 aliphatic rings. The minimum atomic E-state index is 0.694. The summed E-state index contributed by atoms with van der Waals surface area (Å²) < 4.78 is 0. The zero-order valence-corrected chi connectivity index (χ0v) is 28.7. The van der Waals surface area contributed by atoms with Crippen LogP contribution >= 0.6 is 22.7 Å². The molecule has 4 heterocycles. The molecule has 0 unspecified atom stereocenters. The first-order valence-electron chi connectivity index (χ1n) is 16.6. The zero-order valence-electron chi connectivity index (χ0n) is 27.0. The third-order valence-electron chi connectivity index (χ3n) is 8.36. The topological polar surface area (TPSA) is 80.6 Å². The van der Waals surface area contributed by atoms with Crippen LogP contribution in [0.3, 0.4) is 0 Å². The largest absolute Gasteiger partial charge is 0.341 e. The molecule has 240 valence electrons. The number of hydrogen-bond donors (Lipinski definition) is 0. The molecule has 8 rings (SSSR count). The van der Waals surface area contributed by atoms with E-state index in [2.05, 4.69) is 82.5 Å². The number of para-hydroxylation sites is 4. The summed E-state index contributed by atoms with van der Waals surface area (Å²) in [5.41, 5.74) is 9.50. The maximum Gasteiger partial charge on any atom is 0.190 e. The zero-order chi connectivity index (χ0) is 33.0. The number of rotatable bonds is 11. The molecule has 0 fully saturated rings. The van der Waals surface area contributed by atoms with E-state index in [0.717, 1.165) is 65.8 Å². The molecule has 0 saturated carbocycles. The van der Waals surface area contributed by atoms with E-state index >= 15 is 0 Å². The van der Waals surface area contributed by atoms with Crippen molar-refractivity contribution in [3.8, 4) is 0 Å². The van der Waals surface area contributed by atoms with Crippen LogP contribution in [0.1, 0.15) is 53.7 Å². The molecule has 0 bridgehead atoms. The third kappa shape index (κ3) is 6.95. The minimum Gasteiger partial charge on any atom is -0.341 e. The Hall–Kier alpha value is -5.38. The minimum absolute atomic E-state index is 0.694. The van der Waals surface area contributed by atoms with E-state index in [1.54, 1.807) is 22.7 Å². The van der Waals surface area contributed by atoms with Crippen LogP contribution in [0.2, 0.25) is 0 Å². The Morgan fingerprint density at radius 3 is 1.39 bits per heavy atom. The van der Waals surface area contributed by atoms with Gasteiger partial charge in [0.2, 0.25) is 0 Å². The van der Waals surface area contributed by atoms with Crippen LogP contribution < -0.4 is 4.90 Å². The third-order valence-corrected chi connectivity index (χ3v) is 10.2. The number of benzene rings is 4. The average molecular weight is 676 g/mol. The van der Waals surface area contributed by atoms with Crippen molar-refractivity contribution < 1.29 is 0 Å². The summed E-state index contributed by atoms with van der Waals surface area (Å²) in [5.74, 6) is 0. The number of aromatic nitrogens is 6. The van der Waals surface area contributed by atoms with Crippen molar-refractivity contribution >= 4 is 101 Å². The molecule has 0 N–H and O–H groups in total.